The first-order valence-electron chi connectivity index (χ1n) is 9.55. The van der Waals surface area contributed by atoms with E-state index in [1.54, 1.807) is 4.31 Å². The highest BCUT2D eigenvalue weighted by molar-refractivity contribution is 7.89. The lowest BCUT2D eigenvalue weighted by Gasteiger charge is -2.34. The van der Waals surface area contributed by atoms with Crippen molar-refractivity contribution in [3.63, 3.8) is 0 Å². The summed E-state index contributed by atoms with van der Waals surface area (Å²) in [7, 11) is -3.46. The monoisotopic (exact) mass is 386 g/mol. The Labute approximate surface area is 163 Å². The molecule has 1 fully saturated rings. The Morgan fingerprint density at radius 2 is 1.33 bits per heavy atom. The average molecular weight is 387 g/mol. The predicted molar refractivity (Wildman–Crippen MR) is 111 cm³/mol. The Hall–Kier alpha value is -1.69. The molecule has 4 nitrogen and oxygen atoms in total. The third-order valence-corrected chi connectivity index (χ3v) is 7.93. The van der Waals surface area contributed by atoms with Crippen molar-refractivity contribution in [2.75, 3.05) is 26.2 Å². The Bertz CT molecular complexity index is 900. The summed E-state index contributed by atoms with van der Waals surface area (Å²) in [5.41, 5.74) is 6.36. The van der Waals surface area contributed by atoms with Crippen LogP contribution in [-0.4, -0.2) is 43.8 Å². The lowest BCUT2D eigenvalue weighted by molar-refractivity contribution is 0.181. The molecular weight excluding hydrogens is 356 g/mol. The van der Waals surface area contributed by atoms with Crippen LogP contribution in [0.3, 0.4) is 0 Å². The van der Waals surface area contributed by atoms with Crippen LogP contribution in [0.15, 0.2) is 35.2 Å². The molecule has 0 amide bonds. The van der Waals surface area contributed by atoms with Crippen LogP contribution >= 0.6 is 0 Å². The van der Waals surface area contributed by atoms with Gasteiger partial charge in [0.2, 0.25) is 10.0 Å². The molecule has 0 unspecified atom stereocenters. The van der Waals surface area contributed by atoms with E-state index in [4.69, 9.17) is 0 Å². The van der Waals surface area contributed by atoms with Crippen LogP contribution in [0.4, 0.5) is 0 Å². The maximum absolute atomic E-state index is 13.3. The molecule has 1 saturated heterocycles. The third kappa shape index (κ3) is 4.10. The Kier molecular flexibility index (Phi) is 5.75. The van der Waals surface area contributed by atoms with Gasteiger partial charge in [0, 0.05) is 32.7 Å². The molecule has 2 aromatic rings. The summed E-state index contributed by atoms with van der Waals surface area (Å²) in [4.78, 5) is 2.84. The molecular formula is C22H30N2O2S. The molecule has 0 saturated carbocycles. The summed E-state index contributed by atoms with van der Waals surface area (Å²) < 4.78 is 28.3. The van der Waals surface area contributed by atoms with E-state index in [-0.39, 0.29) is 0 Å². The summed E-state index contributed by atoms with van der Waals surface area (Å²) in [6, 6.07) is 10.6. The topological polar surface area (TPSA) is 40.6 Å². The normalized spacial score (nSPS) is 16.6. The van der Waals surface area contributed by atoms with E-state index in [1.807, 2.05) is 27.7 Å². The van der Waals surface area contributed by atoms with Crippen molar-refractivity contribution in [1.82, 2.24) is 9.21 Å². The van der Waals surface area contributed by atoms with E-state index < -0.39 is 10.0 Å². The first kappa shape index (κ1) is 20.1. The minimum atomic E-state index is -3.46. The number of sulfonamides is 1. The zero-order chi connectivity index (χ0) is 19.8. The van der Waals surface area contributed by atoms with E-state index in [2.05, 4.69) is 42.2 Å². The fourth-order valence-corrected chi connectivity index (χ4v) is 5.77. The molecule has 3 rings (SSSR count). The molecule has 0 bridgehead atoms. The van der Waals surface area contributed by atoms with E-state index >= 15 is 0 Å². The number of piperazine rings is 1. The second-order valence-corrected chi connectivity index (χ2v) is 9.63. The van der Waals surface area contributed by atoms with E-state index in [0.717, 1.165) is 41.9 Å². The molecule has 146 valence electrons. The van der Waals surface area contributed by atoms with Gasteiger partial charge in [-0.1, -0.05) is 35.9 Å². The van der Waals surface area contributed by atoms with Crippen molar-refractivity contribution in [3.8, 4) is 0 Å². The molecule has 1 heterocycles. The molecule has 0 N–H and O–H groups in total. The van der Waals surface area contributed by atoms with Gasteiger partial charge >= 0.3 is 0 Å². The van der Waals surface area contributed by atoms with Crippen molar-refractivity contribution in [2.24, 2.45) is 0 Å². The largest absolute Gasteiger partial charge is 0.296 e. The summed E-state index contributed by atoms with van der Waals surface area (Å²) in [6.07, 6.45) is 0. The minimum absolute atomic E-state index is 0.506. The first-order chi connectivity index (χ1) is 12.7. The molecule has 1 aliphatic heterocycles. The van der Waals surface area contributed by atoms with Gasteiger partial charge in [0.25, 0.3) is 0 Å². The lowest BCUT2D eigenvalue weighted by Crippen LogP contribution is -2.48. The van der Waals surface area contributed by atoms with Gasteiger partial charge in [-0.05, 0) is 62.4 Å². The van der Waals surface area contributed by atoms with Gasteiger partial charge in [0.15, 0.2) is 0 Å². The Morgan fingerprint density at radius 3 is 1.85 bits per heavy atom. The maximum Gasteiger partial charge on any atom is 0.243 e. The van der Waals surface area contributed by atoms with Gasteiger partial charge in [0.1, 0.15) is 0 Å². The summed E-state index contributed by atoms with van der Waals surface area (Å²) in [5.74, 6) is 0. The number of nitrogens with zero attached hydrogens (tertiary/aromatic N) is 2. The molecule has 27 heavy (non-hydrogen) atoms. The minimum Gasteiger partial charge on any atom is -0.296 e. The summed E-state index contributed by atoms with van der Waals surface area (Å²) in [5, 5.41) is 0. The third-order valence-electron chi connectivity index (χ3n) is 5.75. The highest BCUT2D eigenvalue weighted by Crippen LogP contribution is 2.29. The fraction of sp³-hybridized carbons (Fsp3) is 0.455. The fourth-order valence-electron chi connectivity index (χ4n) is 3.78. The molecule has 1 aliphatic rings. The van der Waals surface area contributed by atoms with Gasteiger partial charge in [-0.15, -0.1) is 0 Å². The summed E-state index contributed by atoms with van der Waals surface area (Å²) >= 11 is 0. The van der Waals surface area contributed by atoms with Gasteiger partial charge in [0.05, 0.1) is 4.90 Å². The predicted octanol–water partition coefficient (Wildman–Crippen LogP) is 3.74. The smallest absolute Gasteiger partial charge is 0.243 e. The van der Waals surface area contributed by atoms with Crippen molar-refractivity contribution >= 4 is 10.0 Å². The van der Waals surface area contributed by atoms with Gasteiger partial charge < -0.3 is 0 Å². The number of rotatable bonds is 4. The Morgan fingerprint density at radius 1 is 0.815 bits per heavy atom. The maximum atomic E-state index is 13.3. The number of hydrogen-bond donors (Lipinski definition) is 0. The second-order valence-electron chi connectivity index (χ2n) is 7.76. The van der Waals surface area contributed by atoms with Crippen LogP contribution in [0.2, 0.25) is 0 Å². The van der Waals surface area contributed by atoms with Gasteiger partial charge in [-0.2, -0.15) is 4.31 Å². The SMILES string of the molecule is Cc1ccc(CN2CCN(S(=O)(=O)c3c(C)c(C)cc(C)c3C)CC2)cc1. The molecule has 0 radical (unpaired) electrons. The van der Waals surface area contributed by atoms with Crippen molar-refractivity contribution in [3.05, 3.63) is 63.7 Å². The zero-order valence-corrected chi connectivity index (χ0v) is 17.9. The van der Waals surface area contributed by atoms with Crippen LogP contribution in [0.1, 0.15) is 33.4 Å². The lowest BCUT2D eigenvalue weighted by atomic mass is 10.0. The standard InChI is InChI=1S/C22H30N2O2S/c1-16-6-8-21(9-7-16)15-23-10-12-24(13-11-23)27(25,26)22-19(4)17(2)14-18(3)20(22)5/h6-9,14H,10-13,15H2,1-5H3. The first-order valence-corrected chi connectivity index (χ1v) is 11.0. The van der Waals surface area contributed by atoms with Crippen molar-refractivity contribution < 1.29 is 8.42 Å². The van der Waals surface area contributed by atoms with E-state index in [0.29, 0.717) is 18.0 Å². The quantitative estimate of drug-likeness (QED) is 0.804. The molecule has 5 heteroatoms. The van der Waals surface area contributed by atoms with Crippen LogP contribution in [0.5, 0.6) is 0 Å². The van der Waals surface area contributed by atoms with Crippen LogP contribution < -0.4 is 0 Å². The average Bonchev–Trinajstić information content (AvgIpc) is 2.62. The van der Waals surface area contributed by atoms with Crippen molar-refractivity contribution in [2.45, 2.75) is 46.1 Å². The Balaban J connectivity index is 1.75. The van der Waals surface area contributed by atoms with E-state index in [9.17, 15) is 8.42 Å². The van der Waals surface area contributed by atoms with Gasteiger partial charge in [-0.3, -0.25) is 4.90 Å². The van der Waals surface area contributed by atoms with Crippen molar-refractivity contribution in [1.29, 1.82) is 0 Å². The highest BCUT2D eigenvalue weighted by Gasteiger charge is 2.31. The van der Waals surface area contributed by atoms with Gasteiger partial charge in [-0.25, -0.2) is 8.42 Å². The van der Waals surface area contributed by atoms with Crippen LogP contribution in [-0.2, 0) is 16.6 Å². The highest BCUT2D eigenvalue weighted by atomic mass is 32.2. The molecule has 0 aromatic heterocycles. The number of aryl methyl sites for hydroxylation is 3. The van der Waals surface area contributed by atoms with E-state index in [1.165, 1.54) is 11.1 Å². The summed E-state index contributed by atoms with van der Waals surface area (Å²) in [6.45, 7) is 13.4. The zero-order valence-electron chi connectivity index (χ0n) is 17.0. The van der Waals surface area contributed by atoms with Crippen LogP contribution in [0.25, 0.3) is 0 Å². The molecule has 0 spiro atoms. The van der Waals surface area contributed by atoms with Crippen LogP contribution in [0, 0.1) is 34.6 Å². The molecule has 0 aliphatic carbocycles. The second kappa shape index (κ2) is 7.74. The molecule has 2 aromatic carbocycles. The number of hydrogen-bond acceptors (Lipinski definition) is 3. The number of benzene rings is 2. The molecule has 0 atom stereocenters.